The van der Waals surface area contributed by atoms with E-state index in [4.69, 9.17) is 4.74 Å². The van der Waals surface area contributed by atoms with Gasteiger partial charge in [-0.05, 0) is 41.6 Å². The predicted molar refractivity (Wildman–Crippen MR) is 106 cm³/mol. The lowest BCUT2D eigenvalue weighted by atomic mass is 10.0. The molecular weight excluding hydrogens is 324 g/mol. The van der Waals surface area contributed by atoms with Gasteiger partial charge in [0.1, 0.15) is 5.75 Å². The van der Waals surface area contributed by atoms with Crippen LogP contribution in [0, 0.1) is 0 Å². The van der Waals surface area contributed by atoms with E-state index in [1.54, 1.807) is 14.2 Å². The first-order valence-corrected chi connectivity index (χ1v) is 8.66. The van der Waals surface area contributed by atoms with Gasteiger partial charge < -0.3 is 10.1 Å². The Hall–Kier alpha value is -2.85. The second-order valence-corrected chi connectivity index (χ2v) is 6.42. The van der Waals surface area contributed by atoms with Crippen LogP contribution in [0.3, 0.4) is 0 Å². The first-order chi connectivity index (χ1) is 12.6. The highest BCUT2D eigenvalue weighted by atomic mass is 16.5. The van der Waals surface area contributed by atoms with Crippen LogP contribution in [0.1, 0.15) is 21.5 Å². The summed E-state index contributed by atoms with van der Waals surface area (Å²) in [6, 6.07) is 20.2. The van der Waals surface area contributed by atoms with Gasteiger partial charge in [-0.2, -0.15) is 0 Å². The SMILES string of the molecule is CNC(=O)c1ccc(CN(C)Cc2c(OC)ccc3ccccc23)cc1. The minimum Gasteiger partial charge on any atom is -0.496 e. The molecule has 0 aliphatic carbocycles. The van der Waals surface area contributed by atoms with E-state index in [1.165, 1.54) is 21.9 Å². The third kappa shape index (κ3) is 3.86. The number of nitrogens with zero attached hydrogens (tertiary/aromatic N) is 1. The molecule has 0 fully saturated rings. The highest BCUT2D eigenvalue weighted by molar-refractivity contribution is 5.94. The maximum Gasteiger partial charge on any atom is 0.251 e. The Morgan fingerprint density at radius 2 is 1.73 bits per heavy atom. The van der Waals surface area contributed by atoms with Crippen molar-refractivity contribution in [2.45, 2.75) is 13.1 Å². The van der Waals surface area contributed by atoms with E-state index in [9.17, 15) is 4.79 Å². The van der Waals surface area contributed by atoms with Gasteiger partial charge in [0.15, 0.2) is 0 Å². The maximum absolute atomic E-state index is 11.6. The first kappa shape index (κ1) is 18.0. The molecule has 0 bridgehead atoms. The zero-order chi connectivity index (χ0) is 18.5. The normalized spacial score (nSPS) is 10.9. The van der Waals surface area contributed by atoms with Crippen molar-refractivity contribution in [1.82, 2.24) is 10.2 Å². The van der Waals surface area contributed by atoms with Gasteiger partial charge in [0.05, 0.1) is 7.11 Å². The molecule has 0 atom stereocenters. The standard InChI is InChI=1S/C22H24N2O2/c1-23-22(25)18-10-8-16(9-11-18)14-24(2)15-20-19-7-5-4-6-17(19)12-13-21(20)26-3/h4-13H,14-15H2,1-3H3,(H,23,25). The highest BCUT2D eigenvalue weighted by Crippen LogP contribution is 2.29. The van der Waals surface area contributed by atoms with Crippen LogP contribution >= 0.6 is 0 Å². The third-order valence-electron chi connectivity index (χ3n) is 4.54. The topological polar surface area (TPSA) is 41.6 Å². The Morgan fingerprint density at radius 3 is 2.42 bits per heavy atom. The molecule has 3 rings (SSSR count). The number of carbonyl (C=O) groups is 1. The number of nitrogens with one attached hydrogen (secondary N) is 1. The number of rotatable bonds is 6. The molecule has 0 spiro atoms. The summed E-state index contributed by atoms with van der Waals surface area (Å²) >= 11 is 0. The molecule has 4 nitrogen and oxygen atoms in total. The molecule has 0 unspecified atom stereocenters. The molecule has 0 aliphatic heterocycles. The van der Waals surface area contributed by atoms with Crippen molar-refractivity contribution in [3.8, 4) is 5.75 Å². The molecule has 1 N–H and O–H groups in total. The van der Waals surface area contributed by atoms with Crippen LogP contribution in [0.2, 0.25) is 0 Å². The summed E-state index contributed by atoms with van der Waals surface area (Å²) in [6.07, 6.45) is 0. The van der Waals surface area contributed by atoms with Crippen LogP contribution in [0.5, 0.6) is 5.75 Å². The van der Waals surface area contributed by atoms with Gasteiger partial charge in [0.25, 0.3) is 5.91 Å². The molecule has 3 aromatic rings. The van der Waals surface area contributed by atoms with E-state index in [2.05, 4.69) is 47.6 Å². The molecule has 0 aliphatic rings. The number of fused-ring (bicyclic) bond motifs is 1. The summed E-state index contributed by atoms with van der Waals surface area (Å²) in [5.41, 5.74) is 3.03. The molecule has 0 saturated heterocycles. The van der Waals surface area contributed by atoms with Gasteiger partial charge in [-0.1, -0.05) is 42.5 Å². The highest BCUT2D eigenvalue weighted by Gasteiger charge is 2.11. The van der Waals surface area contributed by atoms with Gasteiger partial charge in [-0.25, -0.2) is 0 Å². The van der Waals surface area contributed by atoms with E-state index < -0.39 is 0 Å². The fourth-order valence-corrected chi connectivity index (χ4v) is 3.21. The predicted octanol–water partition coefficient (Wildman–Crippen LogP) is 3.84. The van der Waals surface area contributed by atoms with Crippen molar-refractivity contribution >= 4 is 16.7 Å². The summed E-state index contributed by atoms with van der Waals surface area (Å²) in [7, 11) is 5.45. The number of hydrogen-bond acceptors (Lipinski definition) is 3. The third-order valence-corrected chi connectivity index (χ3v) is 4.54. The van der Waals surface area contributed by atoms with Crippen LogP contribution in [-0.2, 0) is 13.1 Å². The lowest BCUT2D eigenvalue weighted by Crippen LogP contribution is -2.19. The van der Waals surface area contributed by atoms with Gasteiger partial charge >= 0.3 is 0 Å². The maximum atomic E-state index is 11.6. The molecular formula is C22H24N2O2. The minimum atomic E-state index is -0.0644. The quantitative estimate of drug-likeness (QED) is 0.736. The van der Waals surface area contributed by atoms with Gasteiger partial charge in [0, 0.05) is 31.3 Å². The van der Waals surface area contributed by atoms with Crippen LogP contribution in [-0.4, -0.2) is 32.0 Å². The lowest BCUT2D eigenvalue weighted by Gasteiger charge is -2.20. The Kier molecular flexibility index (Phi) is 5.54. The van der Waals surface area contributed by atoms with Gasteiger partial charge in [-0.15, -0.1) is 0 Å². The molecule has 0 aromatic heterocycles. The second-order valence-electron chi connectivity index (χ2n) is 6.42. The summed E-state index contributed by atoms with van der Waals surface area (Å²) in [5, 5.41) is 5.07. The van der Waals surface area contributed by atoms with Crippen LogP contribution in [0.4, 0.5) is 0 Å². The number of amides is 1. The van der Waals surface area contributed by atoms with Crippen molar-refractivity contribution in [2.75, 3.05) is 21.2 Å². The largest absolute Gasteiger partial charge is 0.496 e. The minimum absolute atomic E-state index is 0.0644. The number of methoxy groups -OCH3 is 1. The Balaban J connectivity index is 1.79. The van der Waals surface area contributed by atoms with Crippen molar-refractivity contribution in [1.29, 1.82) is 0 Å². The molecule has 0 radical (unpaired) electrons. The van der Waals surface area contributed by atoms with Crippen molar-refractivity contribution in [3.05, 3.63) is 77.4 Å². The molecule has 134 valence electrons. The van der Waals surface area contributed by atoms with Crippen molar-refractivity contribution in [2.24, 2.45) is 0 Å². The van der Waals surface area contributed by atoms with Crippen molar-refractivity contribution in [3.63, 3.8) is 0 Å². The number of benzene rings is 3. The van der Waals surface area contributed by atoms with Crippen molar-refractivity contribution < 1.29 is 9.53 Å². The molecule has 4 heteroatoms. The average Bonchev–Trinajstić information content (AvgIpc) is 2.68. The van der Waals surface area contributed by atoms with Crippen LogP contribution in [0.15, 0.2) is 60.7 Å². The van der Waals surface area contributed by atoms with E-state index in [-0.39, 0.29) is 5.91 Å². The number of carbonyl (C=O) groups excluding carboxylic acids is 1. The first-order valence-electron chi connectivity index (χ1n) is 8.66. The van der Waals surface area contributed by atoms with Gasteiger partial charge in [0.2, 0.25) is 0 Å². The molecule has 0 saturated carbocycles. The summed E-state index contributed by atoms with van der Waals surface area (Å²) in [6.45, 7) is 1.57. The van der Waals surface area contributed by atoms with E-state index >= 15 is 0 Å². The molecule has 26 heavy (non-hydrogen) atoms. The monoisotopic (exact) mass is 348 g/mol. The van der Waals surface area contributed by atoms with Gasteiger partial charge in [-0.3, -0.25) is 9.69 Å². The Bertz CT molecular complexity index is 904. The molecule has 1 amide bonds. The lowest BCUT2D eigenvalue weighted by molar-refractivity contribution is 0.0963. The van der Waals surface area contributed by atoms with E-state index in [0.717, 1.165) is 18.8 Å². The second kappa shape index (κ2) is 8.02. The Labute approximate surface area is 154 Å². The van der Waals surface area contributed by atoms with E-state index in [1.807, 2.05) is 30.3 Å². The fourth-order valence-electron chi connectivity index (χ4n) is 3.21. The number of ether oxygens (including phenoxy) is 1. The summed E-state index contributed by atoms with van der Waals surface area (Å²) in [5.74, 6) is 0.843. The fraction of sp³-hybridized carbons (Fsp3) is 0.227. The Morgan fingerprint density at radius 1 is 1.00 bits per heavy atom. The summed E-state index contributed by atoms with van der Waals surface area (Å²) < 4.78 is 5.59. The van der Waals surface area contributed by atoms with Crippen LogP contribution in [0.25, 0.3) is 10.8 Å². The molecule has 3 aromatic carbocycles. The smallest absolute Gasteiger partial charge is 0.251 e. The van der Waals surface area contributed by atoms with Crippen LogP contribution < -0.4 is 10.1 Å². The molecule has 0 heterocycles. The number of hydrogen-bond donors (Lipinski definition) is 1. The zero-order valence-corrected chi connectivity index (χ0v) is 15.5. The zero-order valence-electron chi connectivity index (χ0n) is 15.5. The van der Waals surface area contributed by atoms with E-state index in [0.29, 0.717) is 5.56 Å². The summed E-state index contributed by atoms with van der Waals surface area (Å²) in [4.78, 5) is 13.9. The average molecular weight is 348 g/mol.